The van der Waals surface area contributed by atoms with Crippen molar-refractivity contribution in [2.24, 2.45) is 0 Å². The molecule has 158 valence electrons. The fourth-order valence-electron chi connectivity index (χ4n) is 3.10. The van der Waals surface area contributed by atoms with Crippen LogP contribution < -0.4 is 10.9 Å². The number of fused-ring (bicyclic) bond motifs is 1. The van der Waals surface area contributed by atoms with Crippen molar-refractivity contribution in [3.63, 3.8) is 0 Å². The summed E-state index contributed by atoms with van der Waals surface area (Å²) in [6, 6.07) is 11.4. The van der Waals surface area contributed by atoms with Crippen molar-refractivity contribution in [2.75, 3.05) is 7.05 Å². The number of halogens is 3. The van der Waals surface area contributed by atoms with Gasteiger partial charge in [0.25, 0.3) is 11.5 Å². The summed E-state index contributed by atoms with van der Waals surface area (Å²) in [5.74, 6) is -0.423. The highest BCUT2D eigenvalue weighted by Crippen LogP contribution is 2.31. The first-order chi connectivity index (χ1) is 14.8. The van der Waals surface area contributed by atoms with E-state index >= 15 is 0 Å². The van der Waals surface area contributed by atoms with E-state index in [2.05, 4.69) is 15.4 Å². The van der Waals surface area contributed by atoms with Gasteiger partial charge in [0.2, 0.25) is 0 Å². The van der Waals surface area contributed by atoms with Gasteiger partial charge in [-0.05, 0) is 18.2 Å². The third kappa shape index (κ3) is 4.06. The highest BCUT2D eigenvalue weighted by atomic mass is 32.1. The van der Waals surface area contributed by atoms with E-state index in [1.165, 1.54) is 35.2 Å². The van der Waals surface area contributed by atoms with Gasteiger partial charge in [-0.1, -0.05) is 30.3 Å². The number of carbonyl (C=O) groups is 1. The number of aromatic nitrogens is 3. The smallest absolute Gasteiger partial charge is 0.354 e. The molecule has 0 atom stereocenters. The van der Waals surface area contributed by atoms with Crippen molar-refractivity contribution in [3.8, 4) is 10.6 Å². The molecule has 2 aromatic carbocycles. The summed E-state index contributed by atoms with van der Waals surface area (Å²) in [4.78, 5) is 29.5. The van der Waals surface area contributed by atoms with Crippen molar-refractivity contribution in [3.05, 3.63) is 81.2 Å². The Hall–Kier alpha value is -3.53. The summed E-state index contributed by atoms with van der Waals surface area (Å²) in [6.45, 7) is 0.0186. The van der Waals surface area contributed by atoms with Gasteiger partial charge in [-0.3, -0.25) is 9.59 Å². The lowest BCUT2D eigenvalue weighted by atomic mass is 10.1. The van der Waals surface area contributed by atoms with E-state index in [1.54, 1.807) is 29.6 Å². The third-order valence-corrected chi connectivity index (χ3v) is 5.57. The molecule has 10 heteroatoms. The summed E-state index contributed by atoms with van der Waals surface area (Å²) in [7, 11) is 1.48. The number of thiazole rings is 1. The van der Waals surface area contributed by atoms with E-state index in [0.29, 0.717) is 27.0 Å². The second kappa shape index (κ2) is 7.95. The van der Waals surface area contributed by atoms with Crippen LogP contribution in [0, 0.1) is 0 Å². The molecule has 4 rings (SSSR count). The summed E-state index contributed by atoms with van der Waals surface area (Å²) in [5.41, 5.74) is 0.0617. The molecule has 4 aromatic rings. The number of benzene rings is 2. The molecule has 0 radical (unpaired) electrons. The SMILES string of the molecule is CNC(=O)c1nn(Cc2csc(-c3ccc(C(F)(F)F)cc3)n2)c(=O)c2ccccc12. The second-order valence-electron chi connectivity index (χ2n) is 6.66. The maximum absolute atomic E-state index is 12.8. The fourth-order valence-corrected chi connectivity index (χ4v) is 3.91. The number of rotatable bonds is 4. The van der Waals surface area contributed by atoms with Crippen LogP contribution in [0.5, 0.6) is 0 Å². The van der Waals surface area contributed by atoms with Crippen molar-refractivity contribution in [2.45, 2.75) is 12.7 Å². The highest BCUT2D eigenvalue weighted by Gasteiger charge is 2.30. The quantitative estimate of drug-likeness (QED) is 0.517. The largest absolute Gasteiger partial charge is 0.416 e. The van der Waals surface area contributed by atoms with E-state index in [-0.39, 0.29) is 17.8 Å². The van der Waals surface area contributed by atoms with Crippen LogP contribution in [0.25, 0.3) is 21.3 Å². The maximum atomic E-state index is 12.8. The van der Waals surface area contributed by atoms with Gasteiger partial charge in [0.15, 0.2) is 5.69 Å². The summed E-state index contributed by atoms with van der Waals surface area (Å²) in [5, 5.41) is 9.76. The Kier molecular flexibility index (Phi) is 5.32. The summed E-state index contributed by atoms with van der Waals surface area (Å²) < 4.78 is 39.4. The predicted octanol–water partition coefficient (Wildman–Crippen LogP) is 3.95. The van der Waals surface area contributed by atoms with Crippen LogP contribution in [-0.2, 0) is 12.7 Å². The third-order valence-electron chi connectivity index (χ3n) is 4.63. The second-order valence-corrected chi connectivity index (χ2v) is 7.51. The van der Waals surface area contributed by atoms with Crippen LogP contribution in [0.2, 0.25) is 0 Å². The number of nitrogens with one attached hydrogen (secondary N) is 1. The molecular weight excluding hydrogens is 429 g/mol. The Morgan fingerprint density at radius 1 is 1.10 bits per heavy atom. The molecule has 0 bridgehead atoms. The van der Waals surface area contributed by atoms with Gasteiger partial charge in [0, 0.05) is 23.4 Å². The molecule has 0 aliphatic rings. The van der Waals surface area contributed by atoms with Crippen LogP contribution in [0.15, 0.2) is 58.7 Å². The monoisotopic (exact) mass is 444 g/mol. The molecule has 31 heavy (non-hydrogen) atoms. The molecule has 0 aliphatic carbocycles. The molecule has 2 aromatic heterocycles. The minimum atomic E-state index is -4.40. The molecule has 0 fully saturated rings. The molecular formula is C21H15F3N4O2S. The molecule has 1 N–H and O–H groups in total. The maximum Gasteiger partial charge on any atom is 0.416 e. The lowest BCUT2D eigenvalue weighted by Gasteiger charge is -2.09. The zero-order chi connectivity index (χ0) is 22.2. The Morgan fingerprint density at radius 3 is 2.42 bits per heavy atom. The fraction of sp³-hybridized carbons (Fsp3) is 0.143. The average Bonchev–Trinajstić information content (AvgIpc) is 3.23. The van der Waals surface area contributed by atoms with Gasteiger partial charge in [-0.2, -0.15) is 18.3 Å². The molecule has 0 spiro atoms. The number of hydrogen-bond donors (Lipinski definition) is 1. The van der Waals surface area contributed by atoms with Crippen molar-refractivity contribution in [1.82, 2.24) is 20.1 Å². The highest BCUT2D eigenvalue weighted by molar-refractivity contribution is 7.13. The predicted molar refractivity (Wildman–Crippen MR) is 111 cm³/mol. The van der Waals surface area contributed by atoms with E-state index in [9.17, 15) is 22.8 Å². The normalized spacial score (nSPS) is 11.6. The average molecular weight is 444 g/mol. The zero-order valence-corrected chi connectivity index (χ0v) is 16.9. The van der Waals surface area contributed by atoms with Gasteiger partial charge in [-0.15, -0.1) is 11.3 Å². The Labute approximate surface area is 178 Å². The van der Waals surface area contributed by atoms with Crippen LogP contribution >= 0.6 is 11.3 Å². The molecule has 0 aliphatic heterocycles. The lowest BCUT2D eigenvalue weighted by Crippen LogP contribution is -2.29. The van der Waals surface area contributed by atoms with Gasteiger partial charge in [0.05, 0.1) is 23.2 Å². The van der Waals surface area contributed by atoms with Crippen LogP contribution in [0.4, 0.5) is 13.2 Å². The van der Waals surface area contributed by atoms with Gasteiger partial charge in [0.1, 0.15) is 5.01 Å². The van der Waals surface area contributed by atoms with Crippen LogP contribution in [-0.4, -0.2) is 27.7 Å². The lowest BCUT2D eigenvalue weighted by molar-refractivity contribution is -0.137. The standard InChI is InChI=1S/C21H15F3N4O2S/c1-25-18(29)17-15-4-2-3-5-16(15)20(30)28(27-17)10-14-11-31-19(26-14)12-6-8-13(9-7-12)21(22,23)24/h2-9,11H,10H2,1H3,(H,25,29). The Bertz CT molecular complexity index is 1330. The Morgan fingerprint density at radius 2 is 1.77 bits per heavy atom. The van der Waals surface area contributed by atoms with Crippen molar-refractivity contribution >= 4 is 28.0 Å². The van der Waals surface area contributed by atoms with E-state index in [0.717, 1.165) is 12.1 Å². The number of alkyl halides is 3. The van der Waals surface area contributed by atoms with Gasteiger partial charge >= 0.3 is 6.18 Å². The van der Waals surface area contributed by atoms with Crippen molar-refractivity contribution < 1.29 is 18.0 Å². The number of carbonyl (C=O) groups excluding carboxylic acids is 1. The number of amides is 1. The molecule has 0 saturated heterocycles. The molecule has 0 saturated carbocycles. The van der Waals surface area contributed by atoms with E-state index in [1.807, 2.05) is 0 Å². The molecule has 6 nitrogen and oxygen atoms in total. The van der Waals surface area contributed by atoms with Gasteiger partial charge in [-0.25, -0.2) is 9.67 Å². The minimum Gasteiger partial charge on any atom is -0.354 e. The van der Waals surface area contributed by atoms with Crippen LogP contribution in [0.1, 0.15) is 21.7 Å². The molecule has 0 unspecified atom stereocenters. The van der Waals surface area contributed by atoms with Crippen molar-refractivity contribution in [1.29, 1.82) is 0 Å². The minimum absolute atomic E-state index is 0.0186. The van der Waals surface area contributed by atoms with E-state index in [4.69, 9.17) is 0 Å². The van der Waals surface area contributed by atoms with Crippen LogP contribution in [0.3, 0.4) is 0 Å². The summed E-state index contributed by atoms with van der Waals surface area (Å²) >= 11 is 1.24. The molecule has 1 amide bonds. The van der Waals surface area contributed by atoms with E-state index < -0.39 is 17.6 Å². The summed E-state index contributed by atoms with van der Waals surface area (Å²) in [6.07, 6.45) is -4.40. The first-order valence-corrected chi connectivity index (χ1v) is 10.00. The first kappa shape index (κ1) is 20.7. The number of nitrogens with zero attached hydrogens (tertiary/aromatic N) is 3. The first-order valence-electron chi connectivity index (χ1n) is 9.12. The topological polar surface area (TPSA) is 76.9 Å². The Balaban J connectivity index is 1.68. The van der Waals surface area contributed by atoms with Gasteiger partial charge < -0.3 is 5.32 Å². The zero-order valence-electron chi connectivity index (χ0n) is 16.1. The number of hydrogen-bond acceptors (Lipinski definition) is 5. The molecule has 2 heterocycles.